The van der Waals surface area contributed by atoms with E-state index in [1.165, 1.54) is 0 Å². The minimum absolute atomic E-state index is 0.00279. The number of aryl methyl sites for hydroxylation is 1. The number of aliphatic hydroxyl groups excluding tert-OH is 1. The van der Waals surface area contributed by atoms with Gasteiger partial charge in [-0.2, -0.15) is 0 Å². The summed E-state index contributed by atoms with van der Waals surface area (Å²) >= 11 is 0. The van der Waals surface area contributed by atoms with Gasteiger partial charge in [-0.15, -0.1) is 0 Å². The first-order valence-corrected chi connectivity index (χ1v) is 7.35. The number of hydrogen-bond acceptors (Lipinski definition) is 2. The molecule has 0 heterocycles. The summed E-state index contributed by atoms with van der Waals surface area (Å²) in [5.41, 5.74) is 3.13. The molecule has 2 aromatic rings. The summed E-state index contributed by atoms with van der Waals surface area (Å²) in [5.74, 6) is 1.57. The van der Waals surface area contributed by atoms with Crippen molar-refractivity contribution in [3.05, 3.63) is 59.2 Å². The zero-order valence-electron chi connectivity index (χ0n) is 13.5. The third-order valence-corrected chi connectivity index (χ3v) is 3.53. The van der Waals surface area contributed by atoms with E-state index in [9.17, 15) is 5.11 Å². The van der Waals surface area contributed by atoms with Gasteiger partial charge >= 0.3 is 0 Å². The number of para-hydroxylation sites is 1. The summed E-state index contributed by atoms with van der Waals surface area (Å²) in [6, 6.07) is 13.9. The number of hydrogen-bond donors (Lipinski definition) is 1. The molecule has 0 aliphatic carbocycles. The van der Waals surface area contributed by atoms with Gasteiger partial charge < -0.3 is 9.84 Å². The van der Waals surface area contributed by atoms with Gasteiger partial charge in [0.2, 0.25) is 0 Å². The SMILES string of the molecule is Cc1ccc(C(C)(C)C)c(Oc2ccccc2[C@@H](C)O)c1. The van der Waals surface area contributed by atoms with Crippen molar-refractivity contribution in [1.82, 2.24) is 0 Å². The van der Waals surface area contributed by atoms with Gasteiger partial charge in [0.25, 0.3) is 0 Å². The highest BCUT2D eigenvalue weighted by Gasteiger charge is 2.20. The zero-order chi connectivity index (χ0) is 15.6. The number of ether oxygens (including phenoxy) is 1. The summed E-state index contributed by atoms with van der Waals surface area (Å²) in [4.78, 5) is 0. The second-order valence-electron chi connectivity index (χ2n) is 6.57. The number of aliphatic hydroxyl groups is 1. The Bertz CT molecular complexity index is 622. The fourth-order valence-electron chi connectivity index (χ4n) is 2.37. The van der Waals surface area contributed by atoms with Crippen LogP contribution >= 0.6 is 0 Å². The Morgan fingerprint density at radius 2 is 1.67 bits per heavy atom. The first-order chi connectivity index (χ1) is 9.79. The molecule has 112 valence electrons. The summed E-state index contributed by atoms with van der Waals surface area (Å²) in [6.07, 6.45) is -0.552. The van der Waals surface area contributed by atoms with E-state index in [0.717, 1.165) is 22.4 Å². The summed E-state index contributed by atoms with van der Waals surface area (Å²) in [5, 5.41) is 9.89. The Morgan fingerprint density at radius 1 is 1.00 bits per heavy atom. The molecule has 0 saturated heterocycles. The van der Waals surface area contributed by atoms with E-state index in [2.05, 4.69) is 45.9 Å². The van der Waals surface area contributed by atoms with Crippen molar-refractivity contribution in [2.24, 2.45) is 0 Å². The first-order valence-electron chi connectivity index (χ1n) is 7.35. The van der Waals surface area contributed by atoms with Gasteiger partial charge in [0.15, 0.2) is 0 Å². The van der Waals surface area contributed by atoms with Crippen LogP contribution in [0.5, 0.6) is 11.5 Å². The van der Waals surface area contributed by atoms with Crippen LogP contribution in [-0.2, 0) is 5.41 Å². The molecule has 0 aliphatic heterocycles. The van der Waals surface area contributed by atoms with Gasteiger partial charge in [-0.3, -0.25) is 0 Å². The molecule has 0 unspecified atom stereocenters. The van der Waals surface area contributed by atoms with Crippen LogP contribution in [0.15, 0.2) is 42.5 Å². The van der Waals surface area contributed by atoms with Crippen molar-refractivity contribution in [3.8, 4) is 11.5 Å². The molecule has 2 heteroatoms. The normalized spacial score (nSPS) is 13.0. The molecule has 0 radical (unpaired) electrons. The van der Waals surface area contributed by atoms with Crippen molar-refractivity contribution in [2.75, 3.05) is 0 Å². The predicted molar refractivity (Wildman–Crippen MR) is 87.0 cm³/mol. The fraction of sp³-hybridized carbons (Fsp3) is 0.368. The monoisotopic (exact) mass is 284 g/mol. The summed E-state index contributed by atoms with van der Waals surface area (Å²) in [6.45, 7) is 10.3. The van der Waals surface area contributed by atoms with Crippen molar-refractivity contribution in [3.63, 3.8) is 0 Å². The molecule has 0 spiro atoms. The third kappa shape index (κ3) is 3.64. The Kier molecular flexibility index (Phi) is 4.38. The number of benzene rings is 2. The topological polar surface area (TPSA) is 29.5 Å². The average molecular weight is 284 g/mol. The molecule has 1 atom stereocenters. The average Bonchev–Trinajstić information content (AvgIpc) is 2.37. The maximum absolute atomic E-state index is 9.89. The van der Waals surface area contributed by atoms with Crippen LogP contribution in [0, 0.1) is 6.92 Å². The van der Waals surface area contributed by atoms with Gasteiger partial charge in [-0.05, 0) is 37.0 Å². The lowest BCUT2D eigenvalue weighted by atomic mass is 9.86. The van der Waals surface area contributed by atoms with Gasteiger partial charge in [0.1, 0.15) is 11.5 Å². The predicted octanol–water partition coefficient (Wildman–Crippen LogP) is 5.14. The Labute approximate surface area is 127 Å². The van der Waals surface area contributed by atoms with Crippen molar-refractivity contribution >= 4 is 0 Å². The standard InChI is InChI=1S/C19H24O2/c1-13-10-11-16(19(3,4)5)18(12-13)21-17-9-7-6-8-15(17)14(2)20/h6-12,14,20H,1-5H3/t14-/m1/s1. The highest BCUT2D eigenvalue weighted by atomic mass is 16.5. The van der Waals surface area contributed by atoms with Crippen molar-refractivity contribution in [2.45, 2.75) is 46.1 Å². The lowest BCUT2D eigenvalue weighted by Crippen LogP contribution is -2.13. The Balaban J connectivity index is 2.47. The van der Waals surface area contributed by atoms with E-state index in [4.69, 9.17) is 4.74 Å². The van der Waals surface area contributed by atoms with Gasteiger partial charge in [0.05, 0.1) is 6.10 Å². The van der Waals surface area contributed by atoms with Crippen molar-refractivity contribution < 1.29 is 9.84 Å². The smallest absolute Gasteiger partial charge is 0.133 e. The molecule has 1 N–H and O–H groups in total. The molecule has 0 amide bonds. The quantitative estimate of drug-likeness (QED) is 0.845. The largest absolute Gasteiger partial charge is 0.457 e. The molecule has 2 nitrogen and oxygen atoms in total. The lowest BCUT2D eigenvalue weighted by Gasteiger charge is -2.24. The van der Waals surface area contributed by atoms with Crippen LogP contribution in [0.25, 0.3) is 0 Å². The number of rotatable bonds is 3. The second kappa shape index (κ2) is 5.90. The van der Waals surface area contributed by atoms with Crippen LogP contribution in [-0.4, -0.2) is 5.11 Å². The molecule has 0 fully saturated rings. The van der Waals surface area contributed by atoms with E-state index < -0.39 is 6.10 Å². The first kappa shape index (κ1) is 15.6. The highest BCUT2D eigenvalue weighted by Crippen LogP contribution is 2.37. The van der Waals surface area contributed by atoms with Crippen LogP contribution in [0.1, 0.15) is 50.5 Å². The van der Waals surface area contributed by atoms with E-state index in [-0.39, 0.29) is 5.41 Å². The molecule has 2 aromatic carbocycles. The molecule has 21 heavy (non-hydrogen) atoms. The van der Waals surface area contributed by atoms with Gasteiger partial charge in [-0.25, -0.2) is 0 Å². The van der Waals surface area contributed by atoms with E-state index in [0.29, 0.717) is 5.75 Å². The van der Waals surface area contributed by atoms with Gasteiger partial charge in [-0.1, -0.05) is 51.1 Å². The molecule has 0 aliphatic rings. The third-order valence-electron chi connectivity index (χ3n) is 3.53. The molecule has 0 saturated carbocycles. The minimum atomic E-state index is -0.552. The molecular formula is C19H24O2. The van der Waals surface area contributed by atoms with E-state index in [1.807, 2.05) is 24.3 Å². The Hall–Kier alpha value is -1.80. The second-order valence-corrected chi connectivity index (χ2v) is 6.57. The van der Waals surface area contributed by atoms with Crippen LogP contribution in [0.3, 0.4) is 0 Å². The molecular weight excluding hydrogens is 260 g/mol. The van der Waals surface area contributed by atoms with Gasteiger partial charge in [0, 0.05) is 11.1 Å². The maximum Gasteiger partial charge on any atom is 0.133 e. The van der Waals surface area contributed by atoms with Crippen LogP contribution in [0.2, 0.25) is 0 Å². The van der Waals surface area contributed by atoms with Crippen LogP contribution < -0.4 is 4.74 Å². The fourth-order valence-corrected chi connectivity index (χ4v) is 2.37. The highest BCUT2D eigenvalue weighted by molar-refractivity contribution is 5.46. The molecule has 2 rings (SSSR count). The summed E-state index contributed by atoms with van der Waals surface area (Å²) in [7, 11) is 0. The molecule has 0 bridgehead atoms. The van der Waals surface area contributed by atoms with Crippen molar-refractivity contribution in [1.29, 1.82) is 0 Å². The Morgan fingerprint density at radius 3 is 2.29 bits per heavy atom. The minimum Gasteiger partial charge on any atom is -0.457 e. The maximum atomic E-state index is 9.89. The lowest BCUT2D eigenvalue weighted by molar-refractivity contribution is 0.195. The zero-order valence-corrected chi connectivity index (χ0v) is 13.5. The molecule has 0 aromatic heterocycles. The van der Waals surface area contributed by atoms with E-state index >= 15 is 0 Å². The van der Waals surface area contributed by atoms with Crippen LogP contribution in [0.4, 0.5) is 0 Å². The van der Waals surface area contributed by atoms with E-state index in [1.54, 1.807) is 6.92 Å². The summed E-state index contributed by atoms with van der Waals surface area (Å²) < 4.78 is 6.15.